The fourth-order valence-electron chi connectivity index (χ4n) is 6.78. The van der Waals surface area contributed by atoms with Crippen molar-refractivity contribution in [2.45, 2.75) is 48.2 Å². The molecule has 2 aromatic carbocycles. The third-order valence-electron chi connectivity index (χ3n) is 8.13. The summed E-state index contributed by atoms with van der Waals surface area (Å²) < 4.78 is 12.6. The fraction of sp³-hybridized carbons (Fsp3) is 0.462. The molecule has 4 nitrogen and oxygen atoms in total. The van der Waals surface area contributed by atoms with Crippen LogP contribution < -0.4 is 0 Å². The van der Waals surface area contributed by atoms with Crippen LogP contribution in [-0.4, -0.2) is 47.8 Å². The van der Waals surface area contributed by atoms with Crippen molar-refractivity contribution in [3.63, 3.8) is 0 Å². The maximum atomic E-state index is 13.2. The van der Waals surface area contributed by atoms with Crippen LogP contribution in [0.15, 0.2) is 60.7 Å². The van der Waals surface area contributed by atoms with E-state index < -0.39 is 12.2 Å². The smallest absolute Gasteiger partial charge is 0.338 e. The Kier molecular flexibility index (Phi) is 5.89. The lowest BCUT2D eigenvalue weighted by molar-refractivity contribution is -0.0643. The lowest BCUT2D eigenvalue weighted by Crippen LogP contribution is -2.57. The van der Waals surface area contributed by atoms with E-state index in [2.05, 4.69) is 13.3 Å². The van der Waals surface area contributed by atoms with Crippen LogP contribution in [0.4, 0.5) is 0 Å². The van der Waals surface area contributed by atoms with Gasteiger partial charge in [0.2, 0.25) is 0 Å². The zero-order chi connectivity index (χ0) is 22.3. The summed E-state index contributed by atoms with van der Waals surface area (Å²) in [6.45, 7) is 4.49. The summed E-state index contributed by atoms with van der Waals surface area (Å²) in [7, 11) is 1.29. The molecule has 5 rings (SSSR count). The van der Waals surface area contributed by atoms with Gasteiger partial charge in [-0.05, 0) is 68.7 Å². The number of esters is 2. The van der Waals surface area contributed by atoms with E-state index >= 15 is 0 Å². The largest absolute Gasteiger partial charge is 0.454 e. The number of hydrogen-bond donors (Lipinski definition) is 0. The molecule has 32 heavy (non-hydrogen) atoms. The molecule has 168 valence electrons. The maximum absolute atomic E-state index is 13.2. The second kappa shape index (κ2) is 8.54. The number of carbonyl (C=O) groups is 2. The van der Waals surface area contributed by atoms with E-state index in [9.17, 15) is 9.59 Å². The van der Waals surface area contributed by atoms with Gasteiger partial charge in [-0.1, -0.05) is 42.8 Å². The molecule has 3 fully saturated rings. The van der Waals surface area contributed by atoms with E-state index in [4.69, 9.17) is 9.47 Å². The Labute approximate surface area is 193 Å². The van der Waals surface area contributed by atoms with Crippen LogP contribution >= 0.6 is 17.2 Å². The molecule has 8 unspecified atom stereocenters. The third kappa shape index (κ3) is 3.25. The monoisotopic (exact) mass is 468 g/mol. The molecule has 3 aliphatic rings. The molecule has 0 heterocycles. The highest BCUT2D eigenvalue weighted by atomic mass is 31.1. The molecule has 6 heteroatoms. The quantitative estimate of drug-likeness (QED) is 0.423. The van der Waals surface area contributed by atoms with E-state index in [0.29, 0.717) is 40.1 Å². The van der Waals surface area contributed by atoms with E-state index in [-0.39, 0.29) is 22.3 Å². The van der Waals surface area contributed by atoms with Crippen molar-refractivity contribution in [3.05, 3.63) is 71.8 Å². The van der Waals surface area contributed by atoms with Crippen LogP contribution in [0.5, 0.6) is 0 Å². The molecule has 0 amide bonds. The van der Waals surface area contributed by atoms with Crippen LogP contribution in [0.2, 0.25) is 0 Å². The van der Waals surface area contributed by atoms with Crippen molar-refractivity contribution >= 4 is 29.1 Å². The second-order valence-corrected chi connectivity index (χ2v) is 12.1. The Hall–Kier alpha value is -1.76. The van der Waals surface area contributed by atoms with Gasteiger partial charge < -0.3 is 9.47 Å². The van der Waals surface area contributed by atoms with Crippen molar-refractivity contribution < 1.29 is 19.1 Å². The molecule has 0 saturated heterocycles. The first-order valence-corrected chi connectivity index (χ1v) is 14.5. The number of ether oxygens (including phenoxy) is 2. The van der Waals surface area contributed by atoms with Gasteiger partial charge in [-0.2, -0.15) is 0 Å². The summed E-state index contributed by atoms with van der Waals surface area (Å²) in [4.78, 5) is 26.3. The van der Waals surface area contributed by atoms with Gasteiger partial charge in [-0.3, -0.25) is 0 Å². The van der Waals surface area contributed by atoms with Gasteiger partial charge in [-0.15, -0.1) is 17.2 Å². The predicted molar refractivity (Wildman–Crippen MR) is 131 cm³/mol. The van der Waals surface area contributed by atoms with Crippen molar-refractivity contribution in [2.75, 3.05) is 13.3 Å². The molecule has 8 atom stereocenters. The Bertz CT molecular complexity index is 918. The molecular weight excluding hydrogens is 438 g/mol. The van der Waals surface area contributed by atoms with Crippen molar-refractivity contribution in [1.82, 2.24) is 0 Å². The number of carbonyl (C=O) groups excluding carboxylic acids is 2. The minimum absolute atomic E-state index is 0.0871. The van der Waals surface area contributed by atoms with E-state index in [1.807, 2.05) is 36.4 Å². The minimum atomic E-state index is -0.391. The Balaban J connectivity index is 1.53. The van der Waals surface area contributed by atoms with Crippen molar-refractivity contribution in [2.24, 2.45) is 11.8 Å². The van der Waals surface area contributed by atoms with Gasteiger partial charge >= 0.3 is 11.9 Å². The van der Waals surface area contributed by atoms with Crippen LogP contribution in [0.1, 0.15) is 46.4 Å². The normalized spacial score (nSPS) is 35.6. The highest BCUT2D eigenvalue weighted by molar-refractivity contribution is 7.41. The number of fused-ring (bicyclic) bond motifs is 5. The van der Waals surface area contributed by atoms with Gasteiger partial charge in [0.1, 0.15) is 12.2 Å². The maximum Gasteiger partial charge on any atom is 0.338 e. The summed E-state index contributed by atoms with van der Waals surface area (Å²) in [6.07, 6.45) is 3.81. The topological polar surface area (TPSA) is 52.6 Å². The van der Waals surface area contributed by atoms with Crippen LogP contribution in [-0.2, 0) is 9.47 Å². The van der Waals surface area contributed by atoms with Crippen molar-refractivity contribution in [1.29, 1.82) is 0 Å². The van der Waals surface area contributed by atoms with Gasteiger partial charge in [-0.25, -0.2) is 9.59 Å². The molecule has 2 bridgehead atoms. The third-order valence-corrected chi connectivity index (χ3v) is 11.7. The molecule has 0 aliphatic heterocycles. The molecule has 2 aromatic rings. The minimum Gasteiger partial charge on any atom is -0.454 e. The summed E-state index contributed by atoms with van der Waals surface area (Å²) >= 11 is 0. The summed E-state index contributed by atoms with van der Waals surface area (Å²) in [6, 6.07) is 18.3. The molecular formula is C26H30O4P2. The van der Waals surface area contributed by atoms with Gasteiger partial charge in [0.05, 0.1) is 11.1 Å². The molecule has 0 spiro atoms. The first-order chi connectivity index (χ1) is 15.6. The van der Waals surface area contributed by atoms with Crippen LogP contribution in [0.3, 0.4) is 0 Å². The van der Waals surface area contributed by atoms with E-state index in [0.717, 1.165) is 6.42 Å². The second-order valence-electron chi connectivity index (χ2n) is 9.29. The summed E-state index contributed by atoms with van der Waals surface area (Å²) in [5.41, 5.74) is 1.10. The first-order valence-electron chi connectivity index (χ1n) is 11.5. The van der Waals surface area contributed by atoms with Crippen molar-refractivity contribution in [3.8, 4) is 0 Å². The van der Waals surface area contributed by atoms with E-state index in [1.165, 1.54) is 19.3 Å². The lowest BCUT2D eigenvalue weighted by Gasteiger charge is -2.47. The van der Waals surface area contributed by atoms with Crippen LogP contribution in [0, 0.1) is 11.8 Å². The highest BCUT2D eigenvalue weighted by Crippen LogP contribution is 2.74. The lowest BCUT2D eigenvalue weighted by atomic mass is 9.77. The molecule has 0 aromatic heterocycles. The Morgan fingerprint density at radius 2 is 1.16 bits per heavy atom. The molecule has 0 N–H and O–H groups in total. The highest BCUT2D eigenvalue weighted by Gasteiger charge is 2.76. The number of rotatable bonds is 6. The van der Waals surface area contributed by atoms with E-state index in [1.54, 1.807) is 24.3 Å². The fourth-order valence-corrected chi connectivity index (χ4v) is 10.3. The Morgan fingerprint density at radius 3 is 1.53 bits per heavy atom. The molecule has 3 aliphatic carbocycles. The zero-order valence-electron chi connectivity index (χ0n) is 18.5. The first kappa shape index (κ1) is 22.1. The summed E-state index contributed by atoms with van der Waals surface area (Å²) in [5, 5.41) is -0.174. The van der Waals surface area contributed by atoms with Gasteiger partial charge in [0, 0.05) is 10.3 Å². The predicted octanol–water partition coefficient (Wildman–Crippen LogP) is 5.37. The number of benzene rings is 2. The average molecular weight is 468 g/mol. The standard InChI is InChI=1S/C26H30O4P2/c1-31-25-16-26(32-2,20-15-9-14-19(20)25)22(30-24(28)18-12-7-4-8-13-18)21(25)29-23(27)17-10-5-3-6-11-17/h3-8,10-13,19-22,31-32H,9,14-16H2,1-2H3. The van der Waals surface area contributed by atoms with Crippen LogP contribution in [0.25, 0.3) is 0 Å². The zero-order valence-corrected chi connectivity index (χ0v) is 20.5. The van der Waals surface area contributed by atoms with Gasteiger partial charge in [0.25, 0.3) is 0 Å². The van der Waals surface area contributed by atoms with Gasteiger partial charge in [0.15, 0.2) is 0 Å². The summed E-state index contributed by atoms with van der Waals surface area (Å²) in [5.74, 6) is 0.480. The molecule has 0 radical (unpaired) electrons. The Morgan fingerprint density at radius 1 is 0.750 bits per heavy atom. The molecule has 3 saturated carbocycles. The SMILES string of the molecule is CPC12CC(PC)(C3CCCC31)C(OC(=O)c1ccccc1)C2OC(=O)c1ccccc1. The number of hydrogen-bond acceptors (Lipinski definition) is 4. The average Bonchev–Trinajstić information content (AvgIpc) is 3.51.